The molecule has 1 amide bonds. The average Bonchev–Trinajstić information content (AvgIpc) is 4.05. The Morgan fingerprint density at radius 1 is 0.914 bits per heavy atom. The third-order valence-electron chi connectivity index (χ3n) is 10.6. The first-order valence-corrected chi connectivity index (χ1v) is 19.7. The molecule has 3 saturated heterocycles. The summed E-state index contributed by atoms with van der Waals surface area (Å²) in [5, 5.41) is 14.8. The summed E-state index contributed by atoms with van der Waals surface area (Å²) in [6.45, 7) is -0.291. The lowest BCUT2D eigenvalue weighted by Gasteiger charge is -2.44. The Morgan fingerprint density at radius 2 is 1.64 bits per heavy atom. The molecule has 0 radical (unpaired) electrons. The summed E-state index contributed by atoms with van der Waals surface area (Å²) in [4.78, 5) is 43.9. The molecule has 1 aromatic heterocycles. The van der Waals surface area contributed by atoms with Crippen molar-refractivity contribution in [2.45, 2.75) is 57.0 Å². The lowest BCUT2D eigenvalue weighted by atomic mass is 9.86. The van der Waals surface area contributed by atoms with Gasteiger partial charge in [-0.15, -0.1) is 0 Å². The number of aromatic nitrogens is 1. The largest absolute Gasteiger partial charge is 0.619 e. The molecule has 58 heavy (non-hydrogen) atoms. The normalized spacial score (nSPS) is 19.5. The van der Waals surface area contributed by atoms with Crippen molar-refractivity contribution in [2.75, 3.05) is 33.4 Å². The van der Waals surface area contributed by atoms with Crippen LogP contribution in [0.3, 0.4) is 0 Å². The van der Waals surface area contributed by atoms with Crippen LogP contribution in [0, 0.1) is 17.0 Å². The van der Waals surface area contributed by atoms with E-state index in [2.05, 4.69) is 10.2 Å². The zero-order valence-corrected chi connectivity index (χ0v) is 32.9. The third-order valence-corrected chi connectivity index (χ3v) is 11.2. The number of fused-ring (bicyclic) bond motifs is 3. The van der Waals surface area contributed by atoms with Crippen molar-refractivity contribution >= 4 is 41.0 Å². The Bertz CT molecular complexity index is 2130. The Kier molecular flexibility index (Phi) is 12.8. The van der Waals surface area contributed by atoms with E-state index in [0.717, 1.165) is 51.2 Å². The summed E-state index contributed by atoms with van der Waals surface area (Å²) < 4.78 is 55.1. The van der Waals surface area contributed by atoms with Gasteiger partial charge >= 0.3 is 18.6 Å². The molecule has 4 aromatic rings. The monoisotopic (exact) mass is 839 g/mol. The van der Waals surface area contributed by atoms with E-state index in [1.165, 1.54) is 49.6 Å². The quantitative estimate of drug-likeness (QED) is 0.0696. The van der Waals surface area contributed by atoms with Crippen LogP contribution in [0.4, 0.5) is 8.78 Å². The molecule has 4 aliphatic rings. The molecule has 8 rings (SSSR count). The summed E-state index contributed by atoms with van der Waals surface area (Å²) in [7, 11) is 1.50. The van der Waals surface area contributed by atoms with E-state index in [4.69, 9.17) is 46.9 Å². The number of carbonyl (C=O) groups is 3. The smallest absolute Gasteiger partial charge is 0.387 e. The summed E-state index contributed by atoms with van der Waals surface area (Å²) in [5.74, 6) is -1.32. The summed E-state index contributed by atoms with van der Waals surface area (Å²) in [6, 6.07) is 15.5. The summed E-state index contributed by atoms with van der Waals surface area (Å²) in [6.07, 6.45) is 4.35. The van der Waals surface area contributed by atoms with E-state index in [-0.39, 0.29) is 69.2 Å². The highest BCUT2D eigenvalue weighted by Crippen LogP contribution is 2.38. The first-order chi connectivity index (χ1) is 27.9. The number of benzene rings is 3. The number of nitrogens with one attached hydrogen (secondary N) is 1. The van der Waals surface area contributed by atoms with Crippen LogP contribution in [0.25, 0.3) is 0 Å². The maximum atomic E-state index is 13.9. The number of halogens is 4. The van der Waals surface area contributed by atoms with Crippen molar-refractivity contribution < 1.29 is 51.6 Å². The molecule has 3 atom stereocenters. The number of rotatable bonds is 16. The summed E-state index contributed by atoms with van der Waals surface area (Å²) in [5.41, 5.74) is 1.08. The zero-order valence-electron chi connectivity index (χ0n) is 31.4. The first kappa shape index (κ1) is 41.0. The summed E-state index contributed by atoms with van der Waals surface area (Å²) >= 11 is 12.8. The van der Waals surface area contributed by atoms with Gasteiger partial charge in [0.25, 0.3) is 5.91 Å². The maximum absolute atomic E-state index is 13.9. The van der Waals surface area contributed by atoms with E-state index in [9.17, 15) is 28.4 Å². The van der Waals surface area contributed by atoms with Gasteiger partial charge in [0.2, 0.25) is 0 Å². The van der Waals surface area contributed by atoms with Crippen LogP contribution >= 0.6 is 23.2 Å². The van der Waals surface area contributed by atoms with Crippen LogP contribution in [-0.4, -0.2) is 68.8 Å². The molecule has 1 N–H and O–H groups in total. The highest BCUT2D eigenvalue weighted by Gasteiger charge is 2.38. The third kappa shape index (κ3) is 10.1. The lowest BCUT2D eigenvalue weighted by molar-refractivity contribution is -0.605. The van der Waals surface area contributed by atoms with Gasteiger partial charge in [-0.3, -0.25) is 9.69 Å². The van der Waals surface area contributed by atoms with Gasteiger partial charge in [-0.2, -0.15) is 13.5 Å². The van der Waals surface area contributed by atoms with Gasteiger partial charge in [-0.05, 0) is 104 Å². The fourth-order valence-electron chi connectivity index (χ4n) is 7.22. The van der Waals surface area contributed by atoms with E-state index in [1.807, 2.05) is 0 Å². The minimum absolute atomic E-state index is 0.00250. The Hall–Kier alpha value is -5.18. The fraction of sp³-hybridized carbons (Fsp3) is 0.381. The van der Waals surface area contributed by atoms with Crippen molar-refractivity contribution in [2.24, 2.45) is 11.8 Å². The highest BCUT2D eigenvalue weighted by atomic mass is 35.5. The number of methoxy groups -OCH3 is 1. The van der Waals surface area contributed by atoms with E-state index < -0.39 is 36.6 Å². The molecule has 0 spiro atoms. The fourth-order valence-corrected chi connectivity index (χ4v) is 7.82. The standard InChI is InChI=1S/C42H41Cl2F2N3O9/c1-54-30-7-3-4-27(17-30)38(41(52)57-37-22-48-14-12-25(37)13-15-48)47-39(50)28-5-2-6-29(16-28)40(51)56-35(19-31-32(43)20-49(53)21-33(31)44)26-10-11-34(58-42(45)46)36(18-26)55-23-24-8-9-24/h2-7,10-11,16-18,20-21,24-25,35,37-38,42H,8-9,12-15,19,22-23H2,1H3,(H,47,50)/t35?,37-,38?/m0/s1. The van der Waals surface area contributed by atoms with Crippen molar-refractivity contribution in [1.82, 2.24) is 10.2 Å². The molecule has 3 aliphatic heterocycles. The number of alkyl halides is 2. The molecule has 306 valence electrons. The minimum Gasteiger partial charge on any atom is -0.619 e. The number of piperidine rings is 3. The maximum Gasteiger partial charge on any atom is 0.387 e. The number of amides is 1. The molecule has 2 unspecified atom stereocenters. The van der Waals surface area contributed by atoms with Crippen LogP contribution < -0.4 is 24.3 Å². The van der Waals surface area contributed by atoms with Crippen LogP contribution in [-0.2, 0) is 20.7 Å². The second-order valence-electron chi connectivity index (χ2n) is 14.6. The molecular weight excluding hydrogens is 799 g/mol. The Morgan fingerprint density at radius 3 is 2.31 bits per heavy atom. The second-order valence-corrected chi connectivity index (χ2v) is 15.4. The number of ether oxygens (including phenoxy) is 5. The molecule has 4 fully saturated rings. The first-order valence-electron chi connectivity index (χ1n) is 18.9. The van der Waals surface area contributed by atoms with E-state index in [1.54, 1.807) is 24.3 Å². The van der Waals surface area contributed by atoms with E-state index >= 15 is 0 Å². The molecule has 16 heteroatoms. The SMILES string of the molecule is COc1cccc(C(NC(=O)c2cccc(C(=O)OC(Cc3c(Cl)c[n+]([O-])cc3Cl)c3ccc(OC(F)F)c(OCC4CC4)c3)c2)C(=O)O[C@H]2CN3CCC2CC3)c1. The number of nitrogens with zero attached hydrogens (tertiary/aromatic N) is 2. The van der Waals surface area contributed by atoms with Crippen LogP contribution in [0.1, 0.15) is 75.2 Å². The van der Waals surface area contributed by atoms with Gasteiger partial charge in [-0.1, -0.05) is 47.5 Å². The van der Waals surface area contributed by atoms with Crippen LogP contribution in [0.2, 0.25) is 10.0 Å². The number of hydrogen-bond acceptors (Lipinski definition) is 10. The van der Waals surface area contributed by atoms with Crippen LogP contribution in [0.15, 0.2) is 79.1 Å². The van der Waals surface area contributed by atoms with E-state index in [0.29, 0.717) is 28.2 Å². The molecule has 2 bridgehead atoms. The van der Waals surface area contributed by atoms with Gasteiger partial charge in [0.15, 0.2) is 29.9 Å². The van der Waals surface area contributed by atoms with Crippen LogP contribution in [0.5, 0.6) is 17.2 Å². The van der Waals surface area contributed by atoms with Gasteiger partial charge in [-0.25, -0.2) is 9.59 Å². The van der Waals surface area contributed by atoms with Crippen molar-refractivity contribution in [3.05, 3.63) is 122 Å². The predicted molar refractivity (Wildman–Crippen MR) is 207 cm³/mol. The van der Waals surface area contributed by atoms with Gasteiger partial charge in [0.1, 0.15) is 28.0 Å². The van der Waals surface area contributed by atoms with Gasteiger partial charge < -0.3 is 34.2 Å². The average molecular weight is 841 g/mol. The lowest BCUT2D eigenvalue weighted by Crippen LogP contribution is -2.52. The van der Waals surface area contributed by atoms with Crippen molar-refractivity contribution in [3.8, 4) is 17.2 Å². The Balaban J connectivity index is 1.14. The molecule has 1 aliphatic carbocycles. The molecular formula is C42H41Cl2F2N3O9. The number of pyridine rings is 1. The minimum atomic E-state index is -3.12. The Labute approximate surface area is 343 Å². The zero-order chi connectivity index (χ0) is 40.9. The number of esters is 2. The topological polar surface area (TPSA) is 140 Å². The molecule has 3 aromatic carbocycles. The van der Waals surface area contributed by atoms with Gasteiger partial charge in [0.05, 0.1) is 19.3 Å². The number of carbonyl (C=O) groups excluding carboxylic acids is 3. The molecule has 12 nitrogen and oxygen atoms in total. The highest BCUT2D eigenvalue weighted by molar-refractivity contribution is 6.35. The molecule has 1 saturated carbocycles. The van der Waals surface area contributed by atoms with Gasteiger partial charge in [0, 0.05) is 24.1 Å². The van der Waals surface area contributed by atoms with Crippen molar-refractivity contribution in [1.29, 1.82) is 0 Å². The van der Waals surface area contributed by atoms with Crippen molar-refractivity contribution in [3.63, 3.8) is 0 Å². The second kappa shape index (κ2) is 18.2. The predicted octanol–water partition coefficient (Wildman–Crippen LogP) is 7.27. The number of hydrogen-bond donors (Lipinski definition) is 1. The molecule has 4 heterocycles.